The van der Waals surface area contributed by atoms with E-state index in [4.69, 9.17) is 5.73 Å². The van der Waals surface area contributed by atoms with Crippen molar-refractivity contribution < 1.29 is 24.0 Å². The smallest absolute Gasteiger partial charge is 0.315 e. The Hall–Kier alpha value is -2.69. The van der Waals surface area contributed by atoms with Crippen LogP contribution in [-0.4, -0.2) is 78.7 Å². The van der Waals surface area contributed by atoms with Crippen molar-refractivity contribution in [1.29, 1.82) is 0 Å². The number of nitrogens with zero attached hydrogens (tertiary/aromatic N) is 1. The zero-order chi connectivity index (χ0) is 31.8. The van der Waals surface area contributed by atoms with Gasteiger partial charge in [0, 0.05) is 19.1 Å². The summed E-state index contributed by atoms with van der Waals surface area (Å²) in [6.07, 6.45) is 11.2. The summed E-state index contributed by atoms with van der Waals surface area (Å²) in [7, 11) is 1.85. The van der Waals surface area contributed by atoms with Crippen LogP contribution in [0.25, 0.3) is 0 Å². The molecule has 246 valence electrons. The third-order valence-electron chi connectivity index (χ3n) is 11.4. The summed E-state index contributed by atoms with van der Waals surface area (Å²) >= 11 is 0. The number of hydrogen-bond acceptors (Lipinski definition) is 6. The molecule has 4 aliphatic carbocycles. The third kappa shape index (κ3) is 7.07. The molecule has 44 heavy (non-hydrogen) atoms. The fraction of sp³-hybridized carbons (Fsp3) is 0.848. The molecule has 1 aliphatic heterocycles. The molecule has 5 aliphatic rings. The maximum absolute atomic E-state index is 14.6. The summed E-state index contributed by atoms with van der Waals surface area (Å²) in [5.74, 6) is -1.93. The molecule has 11 heteroatoms. The van der Waals surface area contributed by atoms with Crippen molar-refractivity contribution in [2.75, 3.05) is 20.1 Å². The molecule has 0 aromatic rings. The molecule has 4 saturated carbocycles. The van der Waals surface area contributed by atoms with Gasteiger partial charge in [0.25, 0.3) is 5.91 Å². The number of carbonyl (C=O) groups excluding carboxylic acids is 5. The molecule has 1 saturated heterocycles. The number of fused-ring (bicyclic) bond motifs is 2. The van der Waals surface area contributed by atoms with Crippen LogP contribution in [0.15, 0.2) is 0 Å². The Morgan fingerprint density at radius 1 is 0.909 bits per heavy atom. The number of likely N-dealkylation sites (N-methyl/N-ethyl adjacent to an activating group) is 1. The minimum Gasteiger partial charge on any atom is -0.363 e. The van der Waals surface area contributed by atoms with Gasteiger partial charge in [0.2, 0.25) is 17.6 Å². The second kappa shape index (κ2) is 13.0. The van der Waals surface area contributed by atoms with Crippen LogP contribution in [0.4, 0.5) is 4.79 Å². The normalized spacial score (nSPS) is 28.1. The van der Waals surface area contributed by atoms with Gasteiger partial charge in [-0.15, -0.1) is 0 Å². The summed E-state index contributed by atoms with van der Waals surface area (Å²) in [5, 5.41) is 12.2. The molecule has 0 bridgehead atoms. The summed E-state index contributed by atoms with van der Waals surface area (Å²) in [5.41, 5.74) is 5.35. The van der Waals surface area contributed by atoms with E-state index in [1.54, 1.807) is 4.90 Å². The van der Waals surface area contributed by atoms with E-state index in [0.717, 1.165) is 70.6 Å². The lowest BCUT2D eigenvalue weighted by Crippen LogP contribution is -2.61. The maximum Gasteiger partial charge on any atom is 0.315 e. The van der Waals surface area contributed by atoms with Gasteiger partial charge in [0.1, 0.15) is 12.1 Å². The zero-order valence-electron chi connectivity index (χ0n) is 27.1. The summed E-state index contributed by atoms with van der Waals surface area (Å²) in [6, 6.07) is -2.99. The molecule has 6 N–H and O–H groups in total. The quantitative estimate of drug-likeness (QED) is 0.212. The summed E-state index contributed by atoms with van der Waals surface area (Å²) < 4.78 is 0. The minimum absolute atomic E-state index is 0.00608. The van der Waals surface area contributed by atoms with Crippen molar-refractivity contribution in [3.63, 3.8) is 0 Å². The predicted molar refractivity (Wildman–Crippen MR) is 166 cm³/mol. The van der Waals surface area contributed by atoms with E-state index in [0.29, 0.717) is 19.5 Å². The van der Waals surface area contributed by atoms with Gasteiger partial charge in [-0.2, -0.15) is 0 Å². The number of ketones is 1. The van der Waals surface area contributed by atoms with E-state index in [1.165, 1.54) is 0 Å². The molecule has 5 amide bonds. The van der Waals surface area contributed by atoms with E-state index in [1.807, 2.05) is 7.05 Å². The number of hydrogen-bond donors (Lipinski definition) is 5. The van der Waals surface area contributed by atoms with Crippen LogP contribution >= 0.6 is 0 Å². The van der Waals surface area contributed by atoms with Crippen molar-refractivity contribution >= 4 is 29.5 Å². The van der Waals surface area contributed by atoms with Crippen LogP contribution in [-0.2, 0) is 19.2 Å². The van der Waals surface area contributed by atoms with Crippen molar-refractivity contribution in [2.45, 2.75) is 122 Å². The van der Waals surface area contributed by atoms with Gasteiger partial charge in [-0.05, 0) is 86.5 Å². The van der Waals surface area contributed by atoms with Crippen LogP contribution in [0.5, 0.6) is 0 Å². The second-order valence-electron chi connectivity index (χ2n) is 15.5. The highest BCUT2D eigenvalue weighted by Crippen LogP contribution is 2.66. The molecule has 0 aromatic carbocycles. The SMILES string of the molecule is CNC[C@@H](NC(=O)N[C@H](C(=O)N1C[C@H]2[C@H](CCC23CC3)[C@H]1C(=O)NC(CC1CC1)C(=O)C(N)=O)C1CCCCC1)C(C)(C)C. The van der Waals surface area contributed by atoms with Crippen molar-refractivity contribution in [3.05, 3.63) is 0 Å². The average molecular weight is 615 g/mol. The topological polar surface area (TPSA) is 163 Å². The maximum atomic E-state index is 14.6. The van der Waals surface area contributed by atoms with Gasteiger partial charge >= 0.3 is 6.03 Å². The molecule has 0 aromatic heterocycles. The standard InChI is InChI=1S/C33H54N6O5/c1-32(2,3)24(17-35-4)37-31(44)38-25(20-8-6-5-7-9-20)30(43)39-18-22-21(12-13-33(22)14-15-33)26(39)29(42)36-23(16-19-10-11-19)27(40)28(34)41/h19-26,35H,5-18H2,1-4H3,(H2,34,41)(H,36,42)(H2,37,38,44)/t21-,22-,23?,24+,25-,26-/m0/s1. The summed E-state index contributed by atoms with van der Waals surface area (Å²) in [4.78, 5) is 68.5. The van der Waals surface area contributed by atoms with Crippen LogP contribution in [0.1, 0.15) is 97.8 Å². The highest BCUT2D eigenvalue weighted by molar-refractivity contribution is 6.37. The van der Waals surface area contributed by atoms with Gasteiger partial charge < -0.3 is 31.9 Å². The van der Waals surface area contributed by atoms with E-state index in [9.17, 15) is 24.0 Å². The zero-order valence-corrected chi connectivity index (χ0v) is 27.1. The largest absolute Gasteiger partial charge is 0.363 e. The Kier molecular flexibility index (Phi) is 9.64. The monoisotopic (exact) mass is 614 g/mol. The first kappa shape index (κ1) is 32.7. The number of nitrogens with two attached hydrogens (primary N) is 1. The van der Waals surface area contributed by atoms with Crippen molar-refractivity contribution in [3.8, 4) is 0 Å². The molecule has 5 fully saturated rings. The number of likely N-dealkylation sites (tertiary alicyclic amines) is 1. The lowest BCUT2D eigenvalue weighted by Gasteiger charge is -2.37. The van der Waals surface area contributed by atoms with Gasteiger partial charge in [-0.3, -0.25) is 19.2 Å². The Labute approximate surface area is 261 Å². The Morgan fingerprint density at radius 2 is 1.59 bits per heavy atom. The molecule has 1 heterocycles. The first-order valence-corrected chi connectivity index (χ1v) is 17.0. The number of nitrogens with one attached hydrogen (secondary N) is 4. The Bertz CT molecular complexity index is 1120. The lowest BCUT2D eigenvalue weighted by atomic mass is 9.83. The van der Waals surface area contributed by atoms with Gasteiger partial charge in [0.15, 0.2) is 0 Å². The molecular formula is C33H54N6O5. The third-order valence-corrected chi connectivity index (χ3v) is 11.4. The Morgan fingerprint density at radius 3 is 2.16 bits per heavy atom. The van der Waals surface area contributed by atoms with Crippen LogP contribution < -0.4 is 27.0 Å². The van der Waals surface area contributed by atoms with Crippen molar-refractivity contribution in [2.24, 2.45) is 40.2 Å². The fourth-order valence-corrected chi connectivity index (χ4v) is 8.40. The first-order chi connectivity index (χ1) is 20.8. The number of Topliss-reactive ketones (excluding diaryl/α,β-unsaturated/α-hetero) is 1. The number of urea groups is 1. The van der Waals surface area contributed by atoms with E-state index in [2.05, 4.69) is 42.0 Å². The fourth-order valence-electron chi connectivity index (χ4n) is 8.40. The van der Waals surface area contributed by atoms with Gasteiger partial charge in [0.05, 0.1) is 6.04 Å². The van der Waals surface area contributed by atoms with Crippen LogP contribution in [0.3, 0.4) is 0 Å². The lowest BCUT2D eigenvalue weighted by molar-refractivity contribution is -0.143. The molecule has 11 nitrogen and oxygen atoms in total. The number of carbonyl (C=O) groups is 5. The molecule has 1 unspecified atom stereocenters. The van der Waals surface area contributed by atoms with E-state index in [-0.39, 0.29) is 58.4 Å². The predicted octanol–water partition coefficient (Wildman–Crippen LogP) is 2.23. The molecule has 1 spiro atoms. The van der Waals surface area contributed by atoms with E-state index >= 15 is 0 Å². The van der Waals surface area contributed by atoms with Gasteiger partial charge in [-0.25, -0.2) is 4.79 Å². The highest BCUT2D eigenvalue weighted by Gasteiger charge is 2.64. The number of primary amides is 1. The molecule has 5 rings (SSSR count). The highest BCUT2D eigenvalue weighted by atomic mass is 16.2. The van der Waals surface area contributed by atoms with E-state index < -0.39 is 29.8 Å². The molecular weight excluding hydrogens is 560 g/mol. The van der Waals surface area contributed by atoms with Crippen LogP contribution in [0.2, 0.25) is 0 Å². The van der Waals surface area contributed by atoms with Crippen LogP contribution in [0, 0.1) is 34.5 Å². The molecule has 6 atom stereocenters. The first-order valence-electron chi connectivity index (χ1n) is 17.0. The molecule has 0 radical (unpaired) electrons. The second-order valence-corrected chi connectivity index (χ2v) is 15.5. The summed E-state index contributed by atoms with van der Waals surface area (Å²) in [6.45, 7) is 7.27. The number of rotatable bonds is 12. The van der Waals surface area contributed by atoms with Crippen molar-refractivity contribution in [1.82, 2.24) is 26.2 Å². The average Bonchev–Trinajstić information content (AvgIpc) is 3.89. The Balaban J connectivity index is 1.39. The number of amides is 5. The minimum atomic E-state index is -1.05. The van der Waals surface area contributed by atoms with Gasteiger partial charge in [-0.1, -0.05) is 52.9 Å².